The molecule has 1 aliphatic carbocycles. The second kappa shape index (κ2) is 5.49. The molecule has 0 radical (unpaired) electrons. The van der Waals surface area contributed by atoms with Gasteiger partial charge in [-0.3, -0.25) is 0 Å². The Morgan fingerprint density at radius 1 is 1.25 bits per heavy atom. The molecule has 1 aromatic carbocycles. The quantitative estimate of drug-likeness (QED) is 0.806. The zero-order chi connectivity index (χ0) is 11.4. The third-order valence-corrected chi connectivity index (χ3v) is 3.72. The molecule has 1 heteroatoms. The van der Waals surface area contributed by atoms with Gasteiger partial charge < -0.3 is 5.73 Å². The summed E-state index contributed by atoms with van der Waals surface area (Å²) in [5.41, 5.74) is 10.5. The maximum Gasteiger partial charge on any atom is -0.00457 e. The highest BCUT2D eigenvalue weighted by molar-refractivity contribution is 5.35. The highest BCUT2D eigenvalue weighted by Crippen LogP contribution is 2.24. The fraction of sp³-hybridized carbons (Fsp3) is 0.600. The molecule has 0 spiro atoms. The average Bonchev–Trinajstić information content (AvgIpc) is 2.75. The van der Waals surface area contributed by atoms with Crippen molar-refractivity contribution in [1.29, 1.82) is 0 Å². The van der Waals surface area contributed by atoms with Crippen molar-refractivity contribution in [2.45, 2.75) is 45.4 Å². The molecular weight excluding hydrogens is 194 g/mol. The number of benzene rings is 1. The van der Waals surface area contributed by atoms with Crippen molar-refractivity contribution in [3.63, 3.8) is 0 Å². The number of hydrogen-bond acceptors (Lipinski definition) is 1. The lowest BCUT2D eigenvalue weighted by atomic mass is 9.93. The van der Waals surface area contributed by atoms with Crippen LogP contribution in [-0.2, 0) is 19.3 Å². The van der Waals surface area contributed by atoms with Crippen LogP contribution in [0, 0.1) is 5.92 Å². The van der Waals surface area contributed by atoms with Crippen molar-refractivity contribution in [3.8, 4) is 0 Å². The first-order valence-electron chi connectivity index (χ1n) is 6.64. The summed E-state index contributed by atoms with van der Waals surface area (Å²) < 4.78 is 0. The molecule has 16 heavy (non-hydrogen) atoms. The molecule has 0 amide bonds. The van der Waals surface area contributed by atoms with E-state index in [9.17, 15) is 0 Å². The summed E-state index contributed by atoms with van der Waals surface area (Å²) >= 11 is 0. The van der Waals surface area contributed by atoms with Crippen LogP contribution < -0.4 is 5.73 Å². The Morgan fingerprint density at radius 2 is 2.06 bits per heavy atom. The summed E-state index contributed by atoms with van der Waals surface area (Å²) in [4.78, 5) is 0. The van der Waals surface area contributed by atoms with E-state index in [0.717, 1.165) is 13.0 Å². The lowest BCUT2D eigenvalue weighted by Gasteiger charge is -2.14. The van der Waals surface area contributed by atoms with Gasteiger partial charge in [0, 0.05) is 0 Å². The second-order valence-electron chi connectivity index (χ2n) is 5.05. The van der Waals surface area contributed by atoms with Gasteiger partial charge in [-0.1, -0.05) is 31.5 Å². The minimum Gasteiger partial charge on any atom is -0.330 e. The van der Waals surface area contributed by atoms with E-state index in [1.54, 1.807) is 11.1 Å². The zero-order valence-electron chi connectivity index (χ0n) is 10.3. The van der Waals surface area contributed by atoms with Gasteiger partial charge in [-0.15, -0.1) is 0 Å². The van der Waals surface area contributed by atoms with Crippen LogP contribution in [0.1, 0.15) is 42.9 Å². The van der Waals surface area contributed by atoms with Gasteiger partial charge in [0.15, 0.2) is 0 Å². The number of aryl methyl sites for hydroxylation is 2. The molecule has 0 aromatic heterocycles. The second-order valence-corrected chi connectivity index (χ2v) is 5.05. The first-order valence-corrected chi connectivity index (χ1v) is 6.64. The normalized spacial score (nSPS) is 16.1. The van der Waals surface area contributed by atoms with Crippen molar-refractivity contribution in [2.24, 2.45) is 11.7 Å². The molecule has 2 rings (SSSR count). The van der Waals surface area contributed by atoms with Crippen LogP contribution in [0.25, 0.3) is 0 Å². The number of rotatable bonds is 5. The monoisotopic (exact) mass is 217 g/mol. The minimum absolute atomic E-state index is 0.671. The molecule has 1 nitrogen and oxygen atoms in total. The fourth-order valence-corrected chi connectivity index (χ4v) is 2.80. The van der Waals surface area contributed by atoms with Gasteiger partial charge >= 0.3 is 0 Å². The average molecular weight is 217 g/mol. The number of fused-ring (bicyclic) bond motifs is 1. The van der Waals surface area contributed by atoms with Gasteiger partial charge in [0.2, 0.25) is 0 Å². The molecule has 0 aliphatic heterocycles. The molecular formula is C15H23N. The third-order valence-electron chi connectivity index (χ3n) is 3.72. The topological polar surface area (TPSA) is 26.0 Å². The number of hydrogen-bond donors (Lipinski definition) is 1. The molecule has 0 bridgehead atoms. The predicted octanol–water partition coefficient (Wildman–Crippen LogP) is 3.09. The first kappa shape index (κ1) is 11.7. The van der Waals surface area contributed by atoms with Gasteiger partial charge in [0.1, 0.15) is 0 Å². The molecule has 1 atom stereocenters. The summed E-state index contributed by atoms with van der Waals surface area (Å²) in [5, 5.41) is 0. The van der Waals surface area contributed by atoms with Crippen molar-refractivity contribution in [3.05, 3.63) is 34.9 Å². The minimum atomic E-state index is 0.671. The van der Waals surface area contributed by atoms with Crippen molar-refractivity contribution < 1.29 is 0 Å². The Labute approximate surface area is 99.0 Å². The van der Waals surface area contributed by atoms with Crippen LogP contribution in [0.5, 0.6) is 0 Å². The summed E-state index contributed by atoms with van der Waals surface area (Å²) in [7, 11) is 0. The summed E-state index contributed by atoms with van der Waals surface area (Å²) in [6, 6.07) is 7.06. The molecule has 1 aliphatic rings. The van der Waals surface area contributed by atoms with Crippen LogP contribution in [0.2, 0.25) is 0 Å². The van der Waals surface area contributed by atoms with E-state index in [0.29, 0.717) is 5.92 Å². The maximum atomic E-state index is 5.82. The Morgan fingerprint density at radius 3 is 2.81 bits per heavy atom. The fourth-order valence-electron chi connectivity index (χ4n) is 2.80. The predicted molar refractivity (Wildman–Crippen MR) is 69.6 cm³/mol. The van der Waals surface area contributed by atoms with Gasteiger partial charge in [-0.05, 0) is 61.3 Å². The Bertz CT molecular complexity index is 343. The Kier molecular flexibility index (Phi) is 4.00. The third kappa shape index (κ3) is 2.65. The van der Waals surface area contributed by atoms with Gasteiger partial charge in [-0.2, -0.15) is 0 Å². The van der Waals surface area contributed by atoms with Crippen molar-refractivity contribution in [1.82, 2.24) is 0 Å². The number of nitrogens with two attached hydrogens (primary N) is 1. The van der Waals surface area contributed by atoms with Crippen LogP contribution >= 0.6 is 0 Å². The lowest BCUT2D eigenvalue weighted by molar-refractivity contribution is 0.487. The molecule has 0 saturated heterocycles. The maximum absolute atomic E-state index is 5.82. The van der Waals surface area contributed by atoms with Crippen LogP contribution in [0.3, 0.4) is 0 Å². The van der Waals surface area contributed by atoms with Gasteiger partial charge in [0.05, 0.1) is 0 Å². The standard InChI is InChI=1S/C15H23N/c1-2-4-13(11-16)9-12-7-8-14-5-3-6-15(14)10-12/h7-8,10,13H,2-6,9,11,16H2,1H3. The molecule has 1 aromatic rings. The SMILES string of the molecule is CCCC(CN)Cc1ccc2c(c1)CCC2. The molecule has 0 saturated carbocycles. The van der Waals surface area contributed by atoms with E-state index in [4.69, 9.17) is 5.73 Å². The van der Waals surface area contributed by atoms with Crippen molar-refractivity contribution in [2.75, 3.05) is 6.54 Å². The molecule has 1 unspecified atom stereocenters. The molecule has 88 valence electrons. The van der Waals surface area contributed by atoms with Crippen LogP contribution in [0.4, 0.5) is 0 Å². The van der Waals surface area contributed by atoms with E-state index in [2.05, 4.69) is 25.1 Å². The smallest absolute Gasteiger partial charge is 0.00457 e. The summed E-state index contributed by atoms with van der Waals surface area (Å²) in [6.45, 7) is 3.07. The largest absolute Gasteiger partial charge is 0.330 e. The van der Waals surface area contributed by atoms with Gasteiger partial charge in [0.25, 0.3) is 0 Å². The van der Waals surface area contributed by atoms with Crippen molar-refractivity contribution >= 4 is 0 Å². The highest BCUT2D eigenvalue weighted by atomic mass is 14.5. The highest BCUT2D eigenvalue weighted by Gasteiger charge is 2.12. The Balaban J connectivity index is 2.04. The van der Waals surface area contributed by atoms with Gasteiger partial charge in [-0.25, -0.2) is 0 Å². The van der Waals surface area contributed by atoms with Crippen LogP contribution in [0.15, 0.2) is 18.2 Å². The summed E-state index contributed by atoms with van der Waals surface area (Å²) in [6.07, 6.45) is 7.57. The first-order chi connectivity index (χ1) is 7.83. The Hall–Kier alpha value is -0.820. The molecule has 0 fully saturated rings. The van der Waals surface area contributed by atoms with E-state index in [1.807, 2.05) is 0 Å². The summed E-state index contributed by atoms with van der Waals surface area (Å²) in [5.74, 6) is 0.671. The van der Waals surface area contributed by atoms with E-state index < -0.39 is 0 Å². The lowest BCUT2D eigenvalue weighted by Crippen LogP contribution is -2.16. The zero-order valence-corrected chi connectivity index (χ0v) is 10.3. The molecule has 0 heterocycles. The molecule has 2 N–H and O–H groups in total. The van der Waals surface area contributed by atoms with E-state index >= 15 is 0 Å². The van der Waals surface area contributed by atoms with E-state index in [-0.39, 0.29) is 0 Å². The van der Waals surface area contributed by atoms with E-state index in [1.165, 1.54) is 37.7 Å². The van der Waals surface area contributed by atoms with Crippen LogP contribution in [-0.4, -0.2) is 6.54 Å².